The zero-order valence-electron chi connectivity index (χ0n) is 18.4. The number of rotatable bonds is 5. The molecule has 7 heteroatoms. The molecule has 0 aromatic heterocycles. The Bertz CT molecular complexity index is 808. The van der Waals surface area contributed by atoms with Crippen molar-refractivity contribution < 1.29 is 14.3 Å². The van der Waals surface area contributed by atoms with E-state index in [0.29, 0.717) is 19.2 Å². The SMILES string of the molecule is COCCN1C(=O)N(C2Cc3ccccc3C2)C(=O)C12CCN(C1CCSCC1)CC2. The minimum Gasteiger partial charge on any atom is -0.383 e. The fraction of sp³-hybridized carbons (Fsp3) is 0.667. The molecule has 3 saturated heterocycles. The van der Waals surface area contributed by atoms with E-state index in [9.17, 15) is 9.59 Å². The highest BCUT2D eigenvalue weighted by Crippen LogP contribution is 2.41. The lowest BCUT2D eigenvalue weighted by Gasteiger charge is -2.45. The first kappa shape index (κ1) is 21.3. The monoisotopic (exact) mass is 443 g/mol. The second-order valence-corrected chi connectivity index (χ2v) is 10.6. The molecule has 0 N–H and O–H groups in total. The Kier molecular flexibility index (Phi) is 6.01. The van der Waals surface area contributed by atoms with Gasteiger partial charge in [0.25, 0.3) is 5.91 Å². The van der Waals surface area contributed by atoms with Crippen LogP contribution in [0.1, 0.15) is 36.8 Å². The maximum absolute atomic E-state index is 13.9. The van der Waals surface area contributed by atoms with Gasteiger partial charge in [0.1, 0.15) is 5.54 Å². The maximum atomic E-state index is 13.9. The Labute approximate surface area is 189 Å². The number of piperidine rings is 1. The molecule has 3 aliphatic heterocycles. The van der Waals surface area contributed by atoms with Gasteiger partial charge in [0, 0.05) is 38.8 Å². The average molecular weight is 444 g/mol. The van der Waals surface area contributed by atoms with Crippen molar-refractivity contribution in [2.24, 2.45) is 0 Å². The van der Waals surface area contributed by atoms with Crippen molar-refractivity contribution in [1.29, 1.82) is 0 Å². The number of hydrogen-bond donors (Lipinski definition) is 0. The first-order valence-electron chi connectivity index (χ1n) is 11.7. The van der Waals surface area contributed by atoms with Crippen molar-refractivity contribution in [1.82, 2.24) is 14.7 Å². The van der Waals surface area contributed by atoms with Crippen LogP contribution in [0.15, 0.2) is 24.3 Å². The molecule has 168 valence electrons. The largest absolute Gasteiger partial charge is 0.383 e. The van der Waals surface area contributed by atoms with Crippen LogP contribution in [0.2, 0.25) is 0 Å². The van der Waals surface area contributed by atoms with Crippen LogP contribution in [-0.4, -0.2) is 89.1 Å². The number of nitrogens with zero attached hydrogens (tertiary/aromatic N) is 3. The summed E-state index contributed by atoms with van der Waals surface area (Å²) in [5.41, 5.74) is 1.84. The molecule has 31 heavy (non-hydrogen) atoms. The molecule has 0 bridgehead atoms. The molecule has 1 aliphatic carbocycles. The number of imide groups is 1. The van der Waals surface area contributed by atoms with Crippen molar-refractivity contribution in [3.63, 3.8) is 0 Å². The molecule has 3 amide bonds. The number of thioether (sulfide) groups is 1. The summed E-state index contributed by atoms with van der Waals surface area (Å²) in [7, 11) is 1.66. The van der Waals surface area contributed by atoms with E-state index < -0.39 is 5.54 Å². The zero-order chi connectivity index (χ0) is 21.4. The van der Waals surface area contributed by atoms with E-state index in [1.165, 1.54) is 35.5 Å². The predicted molar refractivity (Wildman–Crippen MR) is 122 cm³/mol. The van der Waals surface area contributed by atoms with E-state index in [1.807, 2.05) is 28.8 Å². The molecular weight excluding hydrogens is 410 g/mol. The van der Waals surface area contributed by atoms with Gasteiger partial charge < -0.3 is 14.5 Å². The number of ether oxygens (including phenoxy) is 1. The number of carbonyl (C=O) groups is 2. The Morgan fingerprint density at radius 1 is 1.03 bits per heavy atom. The molecule has 1 aromatic rings. The number of fused-ring (bicyclic) bond motifs is 1. The van der Waals surface area contributed by atoms with Gasteiger partial charge in [0.15, 0.2) is 0 Å². The van der Waals surface area contributed by atoms with Gasteiger partial charge in [-0.2, -0.15) is 11.8 Å². The van der Waals surface area contributed by atoms with E-state index >= 15 is 0 Å². The van der Waals surface area contributed by atoms with E-state index in [0.717, 1.165) is 38.8 Å². The highest BCUT2D eigenvalue weighted by Gasteiger charge is 2.59. The van der Waals surface area contributed by atoms with E-state index in [-0.39, 0.29) is 18.0 Å². The second-order valence-electron chi connectivity index (χ2n) is 9.34. The first-order valence-corrected chi connectivity index (χ1v) is 12.8. The third-order valence-corrected chi connectivity index (χ3v) is 8.87. The molecule has 3 heterocycles. The minimum absolute atomic E-state index is 0.0326. The van der Waals surface area contributed by atoms with Crippen molar-refractivity contribution >= 4 is 23.7 Å². The Balaban J connectivity index is 1.36. The summed E-state index contributed by atoms with van der Waals surface area (Å²) in [4.78, 5) is 33.5. The third kappa shape index (κ3) is 3.68. The van der Waals surface area contributed by atoms with Gasteiger partial charge >= 0.3 is 6.03 Å². The molecule has 1 aromatic carbocycles. The van der Waals surface area contributed by atoms with Crippen LogP contribution in [0, 0.1) is 0 Å². The molecule has 0 saturated carbocycles. The number of methoxy groups -OCH3 is 1. The third-order valence-electron chi connectivity index (χ3n) is 7.82. The molecule has 4 aliphatic rings. The number of likely N-dealkylation sites (tertiary alicyclic amines) is 1. The van der Waals surface area contributed by atoms with Gasteiger partial charge in [0.05, 0.1) is 6.61 Å². The number of urea groups is 1. The van der Waals surface area contributed by atoms with Crippen LogP contribution in [0.3, 0.4) is 0 Å². The van der Waals surface area contributed by atoms with E-state index in [1.54, 1.807) is 12.0 Å². The zero-order valence-corrected chi connectivity index (χ0v) is 19.2. The average Bonchev–Trinajstić information content (AvgIpc) is 3.31. The Hall–Kier alpha value is -1.57. The summed E-state index contributed by atoms with van der Waals surface area (Å²) in [5.74, 6) is 2.50. The highest BCUT2D eigenvalue weighted by molar-refractivity contribution is 7.99. The number of carbonyl (C=O) groups excluding carboxylic acids is 2. The van der Waals surface area contributed by atoms with E-state index in [2.05, 4.69) is 17.0 Å². The molecule has 0 radical (unpaired) electrons. The Morgan fingerprint density at radius 2 is 1.68 bits per heavy atom. The molecule has 1 spiro atoms. The minimum atomic E-state index is -0.690. The molecule has 0 atom stereocenters. The van der Waals surface area contributed by atoms with Crippen LogP contribution in [0.4, 0.5) is 4.79 Å². The number of amides is 3. The first-order chi connectivity index (χ1) is 15.1. The van der Waals surface area contributed by atoms with Gasteiger partial charge in [-0.05, 0) is 61.2 Å². The Morgan fingerprint density at radius 3 is 2.29 bits per heavy atom. The van der Waals surface area contributed by atoms with Gasteiger partial charge in [-0.3, -0.25) is 9.69 Å². The summed E-state index contributed by atoms with van der Waals surface area (Å²) >= 11 is 2.05. The van der Waals surface area contributed by atoms with Crippen molar-refractivity contribution in [2.75, 3.05) is 44.9 Å². The lowest BCUT2D eigenvalue weighted by molar-refractivity contribution is -0.137. The summed E-state index contributed by atoms with van der Waals surface area (Å²) < 4.78 is 5.31. The van der Waals surface area contributed by atoms with Crippen LogP contribution < -0.4 is 0 Å². The van der Waals surface area contributed by atoms with Crippen LogP contribution in [0.5, 0.6) is 0 Å². The van der Waals surface area contributed by atoms with Crippen LogP contribution >= 0.6 is 11.8 Å². The lowest BCUT2D eigenvalue weighted by atomic mass is 9.84. The lowest BCUT2D eigenvalue weighted by Crippen LogP contribution is -2.58. The summed E-state index contributed by atoms with van der Waals surface area (Å²) in [6, 6.07) is 8.80. The molecular formula is C24H33N3O3S. The summed E-state index contributed by atoms with van der Waals surface area (Å²) in [5, 5.41) is 0. The van der Waals surface area contributed by atoms with Crippen molar-refractivity contribution in [3.05, 3.63) is 35.4 Å². The van der Waals surface area contributed by atoms with Crippen molar-refractivity contribution in [2.45, 2.75) is 56.1 Å². The summed E-state index contributed by atoms with van der Waals surface area (Å²) in [6.07, 6.45) is 5.50. The normalized spacial score (nSPS) is 25.1. The fourth-order valence-electron chi connectivity index (χ4n) is 6.07. The summed E-state index contributed by atoms with van der Waals surface area (Å²) in [6.45, 7) is 2.74. The van der Waals surface area contributed by atoms with Gasteiger partial charge in [-0.15, -0.1) is 0 Å². The molecule has 3 fully saturated rings. The maximum Gasteiger partial charge on any atom is 0.328 e. The standard InChI is InChI=1S/C24H33N3O3S/c1-30-13-12-26-23(29)27(21-16-18-4-2-3-5-19(18)17-21)22(28)24(26)8-10-25(11-9-24)20-6-14-31-15-7-20/h2-5,20-21H,6-17H2,1H3. The van der Waals surface area contributed by atoms with Crippen LogP contribution in [0.25, 0.3) is 0 Å². The number of hydrogen-bond acceptors (Lipinski definition) is 5. The number of benzene rings is 1. The van der Waals surface area contributed by atoms with Crippen molar-refractivity contribution in [3.8, 4) is 0 Å². The smallest absolute Gasteiger partial charge is 0.328 e. The van der Waals surface area contributed by atoms with Gasteiger partial charge in [-0.25, -0.2) is 4.79 Å². The van der Waals surface area contributed by atoms with E-state index in [4.69, 9.17) is 4.74 Å². The molecule has 5 rings (SSSR count). The van der Waals surface area contributed by atoms with Crippen LogP contribution in [-0.2, 0) is 22.4 Å². The second kappa shape index (κ2) is 8.75. The van der Waals surface area contributed by atoms with Gasteiger partial charge in [-0.1, -0.05) is 24.3 Å². The predicted octanol–water partition coefficient (Wildman–Crippen LogP) is 2.79. The molecule has 0 unspecified atom stereocenters. The van der Waals surface area contributed by atoms with Gasteiger partial charge in [0.2, 0.25) is 0 Å². The molecule has 6 nitrogen and oxygen atoms in total. The highest BCUT2D eigenvalue weighted by atomic mass is 32.2. The quantitative estimate of drug-likeness (QED) is 0.655. The fourth-order valence-corrected chi connectivity index (χ4v) is 7.15. The topological polar surface area (TPSA) is 53.1 Å².